The molecule has 0 radical (unpaired) electrons. The molecule has 2 heterocycles. The number of aryl methyl sites for hydroxylation is 1. The molecule has 4 rings (SSSR count). The lowest BCUT2D eigenvalue weighted by molar-refractivity contribution is 0.0891. The van der Waals surface area contributed by atoms with E-state index < -0.39 is 0 Å². The van der Waals surface area contributed by atoms with Crippen molar-refractivity contribution in [2.75, 3.05) is 5.73 Å². The largest absolute Gasteiger partial charge is 0.375 e. The second-order valence-corrected chi connectivity index (χ2v) is 6.76. The number of fused-ring (bicyclic) bond motifs is 1. The summed E-state index contributed by atoms with van der Waals surface area (Å²) in [6.45, 7) is 2.02. The SMILES string of the molecule is Cc1sc(N)nc1-c1ccc2c(ccn2C(=O)C2CC2)c1. The average molecular weight is 297 g/mol. The van der Waals surface area contributed by atoms with Crippen LogP contribution in [-0.4, -0.2) is 15.5 Å². The van der Waals surface area contributed by atoms with Crippen LogP contribution in [-0.2, 0) is 0 Å². The topological polar surface area (TPSA) is 60.9 Å². The second kappa shape index (κ2) is 4.43. The minimum Gasteiger partial charge on any atom is -0.375 e. The lowest BCUT2D eigenvalue weighted by atomic mass is 10.1. The Morgan fingerprint density at radius 2 is 2.19 bits per heavy atom. The highest BCUT2D eigenvalue weighted by Gasteiger charge is 2.31. The molecule has 0 bridgehead atoms. The predicted octanol–water partition coefficient (Wildman–Crippen LogP) is 3.71. The van der Waals surface area contributed by atoms with Crippen molar-refractivity contribution in [2.24, 2.45) is 5.92 Å². The summed E-state index contributed by atoms with van der Waals surface area (Å²) >= 11 is 1.50. The quantitative estimate of drug-likeness (QED) is 0.784. The van der Waals surface area contributed by atoms with Crippen LogP contribution in [0.1, 0.15) is 22.5 Å². The summed E-state index contributed by atoms with van der Waals surface area (Å²) in [7, 11) is 0. The van der Waals surface area contributed by atoms with Crippen molar-refractivity contribution in [3.05, 3.63) is 35.3 Å². The highest BCUT2D eigenvalue weighted by molar-refractivity contribution is 7.15. The molecule has 1 aliphatic rings. The number of nitrogens with zero attached hydrogens (tertiary/aromatic N) is 2. The van der Waals surface area contributed by atoms with Gasteiger partial charge >= 0.3 is 0 Å². The third kappa shape index (κ3) is 2.05. The van der Waals surface area contributed by atoms with Gasteiger partial charge in [-0.3, -0.25) is 9.36 Å². The summed E-state index contributed by atoms with van der Waals surface area (Å²) in [5.41, 5.74) is 8.72. The van der Waals surface area contributed by atoms with Crippen LogP contribution in [0, 0.1) is 12.8 Å². The van der Waals surface area contributed by atoms with Gasteiger partial charge < -0.3 is 5.73 Å². The molecule has 0 aliphatic heterocycles. The van der Waals surface area contributed by atoms with Crippen LogP contribution in [0.2, 0.25) is 0 Å². The van der Waals surface area contributed by atoms with Crippen LogP contribution in [0.25, 0.3) is 22.2 Å². The Bertz CT molecular complexity index is 858. The molecule has 0 saturated heterocycles. The lowest BCUT2D eigenvalue weighted by Gasteiger charge is -2.04. The number of nitrogen functional groups attached to an aromatic ring is 1. The van der Waals surface area contributed by atoms with Crippen LogP contribution in [0.4, 0.5) is 5.13 Å². The molecule has 2 aromatic heterocycles. The minimum atomic E-state index is 0.215. The molecule has 1 saturated carbocycles. The summed E-state index contributed by atoms with van der Waals surface area (Å²) < 4.78 is 1.78. The first-order chi connectivity index (χ1) is 10.1. The van der Waals surface area contributed by atoms with Gasteiger partial charge in [0.2, 0.25) is 5.91 Å². The van der Waals surface area contributed by atoms with Crippen molar-refractivity contribution in [1.82, 2.24) is 9.55 Å². The van der Waals surface area contributed by atoms with Gasteiger partial charge in [-0.2, -0.15) is 0 Å². The Morgan fingerprint density at radius 1 is 1.38 bits per heavy atom. The first-order valence-electron chi connectivity index (χ1n) is 7.02. The number of aromatic nitrogens is 2. The van der Waals surface area contributed by atoms with Gasteiger partial charge in [0.15, 0.2) is 5.13 Å². The summed E-state index contributed by atoms with van der Waals surface area (Å²) in [5.74, 6) is 0.438. The van der Waals surface area contributed by atoms with E-state index in [0.717, 1.165) is 39.9 Å². The van der Waals surface area contributed by atoms with Crippen LogP contribution >= 0.6 is 11.3 Å². The third-order valence-electron chi connectivity index (χ3n) is 3.94. The van der Waals surface area contributed by atoms with Crippen LogP contribution in [0.3, 0.4) is 0 Å². The standard InChI is InChI=1S/C16H15N3OS/c1-9-14(18-16(17)21-9)12-4-5-13-11(8-12)6-7-19(13)15(20)10-2-3-10/h4-8,10H,2-3H2,1H3,(H2,17,18). The Labute approximate surface area is 126 Å². The van der Waals surface area contributed by atoms with E-state index in [1.54, 1.807) is 4.57 Å². The van der Waals surface area contributed by atoms with Gasteiger partial charge in [0.25, 0.3) is 0 Å². The van der Waals surface area contributed by atoms with Gasteiger partial charge in [-0.25, -0.2) is 4.98 Å². The maximum absolute atomic E-state index is 12.2. The zero-order valence-electron chi connectivity index (χ0n) is 11.7. The van der Waals surface area contributed by atoms with E-state index in [4.69, 9.17) is 5.73 Å². The molecule has 0 unspecified atom stereocenters. The fraction of sp³-hybridized carbons (Fsp3) is 0.250. The summed E-state index contributed by atoms with van der Waals surface area (Å²) in [6, 6.07) is 8.08. The number of hydrogen-bond acceptors (Lipinski definition) is 4. The molecule has 2 N–H and O–H groups in total. The van der Waals surface area contributed by atoms with Crippen molar-refractivity contribution in [1.29, 1.82) is 0 Å². The fourth-order valence-electron chi connectivity index (χ4n) is 2.69. The highest BCUT2D eigenvalue weighted by Crippen LogP contribution is 2.34. The summed E-state index contributed by atoms with van der Waals surface area (Å²) in [6.07, 6.45) is 3.92. The van der Waals surface area contributed by atoms with Gasteiger partial charge in [-0.15, -0.1) is 11.3 Å². The average Bonchev–Trinajstić information content (AvgIpc) is 3.14. The molecule has 5 heteroatoms. The van der Waals surface area contributed by atoms with Crippen molar-refractivity contribution in [2.45, 2.75) is 19.8 Å². The van der Waals surface area contributed by atoms with Crippen molar-refractivity contribution in [3.63, 3.8) is 0 Å². The number of anilines is 1. The van der Waals surface area contributed by atoms with Crippen molar-refractivity contribution in [3.8, 4) is 11.3 Å². The molecule has 4 nitrogen and oxygen atoms in total. The Morgan fingerprint density at radius 3 is 2.86 bits per heavy atom. The highest BCUT2D eigenvalue weighted by atomic mass is 32.1. The molecule has 106 valence electrons. The molecule has 3 aromatic rings. The number of carbonyl (C=O) groups excluding carboxylic acids is 1. The van der Waals surface area contributed by atoms with Gasteiger partial charge in [0.1, 0.15) is 0 Å². The van der Waals surface area contributed by atoms with E-state index in [9.17, 15) is 4.79 Å². The Balaban J connectivity index is 1.81. The van der Waals surface area contributed by atoms with E-state index >= 15 is 0 Å². The molecule has 0 amide bonds. The maximum atomic E-state index is 12.2. The number of hydrogen-bond donors (Lipinski definition) is 1. The van der Waals surface area contributed by atoms with E-state index in [-0.39, 0.29) is 11.8 Å². The molecular formula is C16H15N3OS. The zero-order chi connectivity index (χ0) is 14.6. The van der Waals surface area contributed by atoms with E-state index in [1.165, 1.54) is 11.3 Å². The normalized spacial score (nSPS) is 14.7. The lowest BCUT2D eigenvalue weighted by Crippen LogP contribution is -2.10. The smallest absolute Gasteiger partial charge is 0.234 e. The maximum Gasteiger partial charge on any atom is 0.234 e. The van der Waals surface area contributed by atoms with E-state index in [1.807, 2.05) is 31.3 Å². The van der Waals surface area contributed by atoms with E-state index in [2.05, 4.69) is 11.1 Å². The first kappa shape index (κ1) is 12.6. The number of nitrogens with two attached hydrogens (primary N) is 1. The first-order valence-corrected chi connectivity index (χ1v) is 7.84. The number of carbonyl (C=O) groups is 1. The van der Waals surface area contributed by atoms with Crippen molar-refractivity contribution < 1.29 is 4.79 Å². The predicted molar refractivity (Wildman–Crippen MR) is 85.5 cm³/mol. The molecule has 0 spiro atoms. The van der Waals surface area contributed by atoms with Crippen LogP contribution in [0.5, 0.6) is 0 Å². The van der Waals surface area contributed by atoms with Gasteiger partial charge in [-0.1, -0.05) is 6.07 Å². The summed E-state index contributed by atoms with van der Waals surface area (Å²) in [4.78, 5) is 17.7. The second-order valence-electron chi connectivity index (χ2n) is 5.53. The fourth-order valence-corrected chi connectivity index (χ4v) is 3.40. The minimum absolute atomic E-state index is 0.215. The van der Waals surface area contributed by atoms with E-state index in [0.29, 0.717) is 5.13 Å². The number of benzene rings is 1. The third-order valence-corrected chi connectivity index (χ3v) is 4.74. The van der Waals surface area contributed by atoms with Gasteiger partial charge in [0, 0.05) is 27.9 Å². The monoisotopic (exact) mass is 297 g/mol. The van der Waals surface area contributed by atoms with Gasteiger partial charge in [0.05, 0.1) is 11.2 Å². The van der Waals surface area contributed by atoms with Crippen LogP contribution in [0.15, 0.2) is 30.5 Å². The van der Waals surface area contributed by atoms with Crippen molar-refractivity contribution >= 4 is 33.3 Å². The molecule has 21 heavy (non-hydrogen) atoms. The Hall–Kier alpha value is -2.14. The van der Waals surface area contributed by atoms with Gasteiger partial charge in [-0.05, 0) is 38.0 Å². The summed E-state index contributed by atoms with van der Waals surface area (Å²) in [5, 5.41) is 1.65. The molecule has 1 aromatic carbocycles. The molecular weight excluding hydrogens is 282 g/mol. The Kier molecular flexibility index (Phi) is 2.65. The number of rotatable bonds is 2. The van der Waals surface area contributed by atoms with Crippen LogP contribution < -0.4 is 5.73 Å². The molecule has 1 aliphatic carbocycles. The zero-order valence-corrected chi connectivity index (χ0v) is 12.5. The molecule has 0 atom stereocenters. The molecule has 1 fully saturated rings. The number of thiazole rings is 1.